The third-order valence-corrected chi connectivity index (χ3v) is 5.96. The number of carbonyl (C=O) groups is 5. The molecule has 1 aromatic rings. The van der Waals surface area contributed by atoms with Gasteiger partial charge in [0, 0.05) is 0 Å². The molecule has 0 radical (unpaired) electrons. The molecule has 3 N–H and O–H groups in total. The van der Waals surface area contributed by atoms with Crippen molar-refractivity contribution in [2.75, 3.05) is 11.9 Å². The molecule has 2 aliphatic rings. The largest absolute Gasteiger partial charge is 0.454 e. The average Bonchev–Trinajstić information content (AvgIpc) is 3.23. The second kappa shape index (κ2) is 8.09. The summed E-state index contributed by atoms with van der Waals surface area (Å²) in [5.74, 6) is -3.57. The third kappa shape index (κ3) is 3.77. The van der Waals surface area contributed by atoms with Crippen molar-refractivity contribution >= 4 is 45.9 Å². The molecule has 3 rings (SSSR count). The summed E-state index contributed by atoms with van der Waals surface area (Å²) < 4.78 is 4.97. The van der Waals surface area contributed by atoms with Crippen LogP contribution in [0.4, 0.5) is 5.00 Å². The van der Waals surface area contributed by atoms with E-state index < -0.39 is 30.4 Å². The molecular formula is C18H21N3O6S. The minimum atomic E-state index is -1.10. The van der Waals surface area contributed by atoms with Crippen LogP contribution < -0.4 is 11.1 Å². The summed E-state index contributed by atoms with van der Waals surface area (Å²) in [6.07, 6.45) is 3.09. The number of nitrogens with two attached hydrogens (primary N) is 1. The maximum atomic E-state index is 12.5. The molecule has 0 spiro atoms. The molecule has 1 aliphatic carbocycles. The topological polar surface area (TPSA) is 136 Å². The zero-order chi connectivity index (χ0) is 20.4. The highest BCUT2D eigenvalue weighted by Crippen LogP contribution is 2.38. The number of carbonyl (C=O) groups excluding carboxylic acids is 5. The zero-order valence-electron chi connectivity index (χ0n) is 15.3. The molecule has 2 fully saturated rings. The Bertz CT molecular complexity index is 811. The molecule has 2 heterocycles. The normalized spacial score (nSPS) is 22.5. The van der Waals surface area contributed by atoms with Gasteiger partial charge in [-0.3, -0.25) is 24.1 Å². The van der Waals surface area contributed by atoms with E-state index in [1.807, 2.05) is 0 Å². The van der Waals surface area contributed by atoms with E-state index in [4.69, 9.17) is 10.5 Å². The highest BCUT2D eigenvalue weighted by molar-refractivity contribution is 7.14. The highest BCUT2D eigenvalue weighted by atomic mass is 32.1. The number of thiophene rings is 1. The molecule has 0 unspecified atom stereocenters. The first-order chi connectivity index (χ1) is 13.3. The predicted octanol–water partition coefficient (Wildman–Crippen LogP) is 0.892. The predicted molar refractivity (Wildman–Crippen MR) is 99.2 cm³/mol. The van der Waals surface area contributed by atoms with Crippen molar-refractivity contribution in [3.8, 4) is 0 Å². The molecular weight excluding hydrogens is 386 g/mol. The van der Waals surface area contributed by atoms with Gasteiger partial charge in [-0.05, 0) is 31.2 Å². The quantitative estimate of drug-likeness (QED) is 0.531. The van der Waals surface area contributed by atoms with Gasteiger partial charge in [-0.1, -0.05) is 12.8 Å². The number of fused-ring (bicyclic) bond motifs is 1. The van der Waals surface area contributed by atoms with Gasteiger partial charge in [0.15, 0.2) is 6.61 Å². The molecule has 0 bridgehead atoms. The number of esters is 1. The molecule has 150 valence electrons. The van der Waals surface area contributed by atoms with E-state index >= 15 is 0 Å². The third-order valence-electron chi connectivity index (χ3n) is 5.13. The van der Waals surface area contributed by atoms with Crippen molar-refractivity contribution in [2.24, 2.45) is 17.6 Å². The van der Waals surface area contributed by atoms with Crippen LogP contribution in [0.3, 0.4) is 0 Å². The molecule has 3 atom stereocenters. The summed E-state index contributed by atoms with van der Waals surface area (Å²) >= 11 is 1.11. The lowest BCUT2D eigenvalue weighted by atomic mass is 9.81. The van der Waals surface area contributed by atoms with Crippen molar-refractivity contribution in [1.29, 1.82) is 0 Å². The van der Waals surface area contributed by atoms with Gasteiger partial charge in [0.2, 0.25) is 11.8 Å². The number of rotatable bonds is 6. The molecule has 1 aromatic heterocycles. The fourth-order valence-corrected chi connectivity index (χ4v) is 4.50. The van der Waals surface area contributed by atoms with Gasteiger partial charge in [-0.25, -0.2) is 4.79 Å². The number of primary amides is 1. The molecule has 28 heavy (non-hydrogen) atoms. The summed E-state index contributed by atoms with van der Waals surface area (Å²) in [6.45, 7) is 0.806. The van der Waals surface area contributed by atoms with Gasteiger partial charge < -0.3 is 15.8 Å². The van der Waals surface area contributed by atoms with E-state index in [0.717, 1.165) is 29.1 Å². The van der Waals surface area contributed by atoms with Gasteiger partial charge >= 0.3 is 5.97 Å². The molecule has 1 saturated carbocycles. The van der Waals surface area contributed by atoms with Crippen molar-refractivity contribution in [3.63, 3.8) is 0 Å². The van der Waals surface area contributed by atoms with E-state index in [9.17, 15) is 24.0 Å². The van der Waals surface area contributed by atoms with Gasteiger partial charge in [-0.15, -0.1) is 11.3 Å². The maximum absolute atomic E-state index is 12.5. The number of likely N-dealkylation sites (tertiary alicyclic amines) is 1. The van der Waals surface area contributed by atoms with Crippen molar-refractivity contribution in [2.45, 2.75) is 38.6 Å². The lowest BCUT2D eigenvalue weighted by molar-refractivity contribution is -0.159. The number of nitrogens with zero attached hydrogens (tertiary/aromatic N) is 1. The van der Waals surface area contributed by atoms with E-state index in [1.165, 1.54) is 13.0 Å². The lowest BCUT2D eigenvalue weighted by Gasteiger charge is -2.21. The Morgan fingerprint density at radius 2 is 1.86 bits per heavy atom. The number of ether oxygens (including phenoxy) is 1. The molecule has 10 heteroatoms. The van der Waals surface area contributed by atoms with Gasteiger partial charge in [0.05, 0.1) is 17.4 Å². The summed E-state index contributed by atoms with van der Waals surface area (Å²) in [6, 6.07) is 0.377. The Kier molecular flexibility index (Phi) is 5.78. The van der Waals surface area contributed by atoms with E-state index in [2.05, 4.69) is 5.32 Å². The molecule has 4 amide bonds. The number of imide groups is 1. The SMILES string of the molecule is C[C@@H](C(=O)OCC(=O)Nc1sccc1C(N)=O)N1C(=O)[C@H]2CCCC[C@H]2C1=O. The number of hydrogen-bond acceptors (Lipinski definition) is 7. The van der Waals surface area contributed by atoms with E-state index in [0.29, 0.717) is 12.8 Å². The molecule has 9 nitrogen and oxygen atoms in total. The Morgan fingerprint density at radius 3 is 2.43 bits per heavy atom. The van der Waals surface area contributed by atoms with Crippen LogP contribution in [-0.2, 0) is 23.9 Å². The molecule has 0 aromatic carbocycles. The maximum Gasteiger partial charge on any atom is 0.329 e. The van der Waals surface area contributed by atoms with Gasteiger partial charge in [0.1, 0.15) is 11.0 Å². The fourth-order valence-electron chi connectivity index (χ4n) is 3.70. The van der Waals surface area contributed by atoms with Crippen LogP contribution in [0.5, 0.6) is 0 Å². The second-order valence-electron chi connectivity index (χ2n) is 6.90. The molecule has 1 aliphatic heterocycles. The lowest BCUT2D eigenvalue weighted by Crippen LogP contribution is -2.45. The first-order valence-electron chi connectivity index (χ1n) is 9.02. The van der Waals surface area contributed by atoms with Crippen LogP contribution in [0.1, 0.15) is 43.0 Å². The second-order valence-corrected chi connectivity index (χ2v) is 7.82. The summed E-state index contributed by atoms with van der Waals surface area (Å²) in [7, 11) is 0. The van der Waals surface area contributed by atoms with Crippen LogP contribution in [0.25, 0.3) is 0 Å². The Labute approximate surface area is 165 Å². The van der Waals surface area contributed by atoms with Crippen LogP contribution in [-0.4, -0.2) is 47.1 Å². The monoisotopic (exact) mass is 407 g/mol. The number of amides is 4. The Balaban J connectivity index is 1.56. The van der Waals surface area contributed by atoms with Crippen LogP contribution in [0.15, 0.2) is 11.4 Å². The van der Waals surface area contributed by atoms with Crippen LogP contribution >= 0.6 is 11.3 Å². The van der Waals surface area contributed by atoms with Crippen LogP contribution in [0.2, 0.25) is 0 Å². The Morgan fingerprint density at radius 1 is 1.25 bits per heavy atom. The number of nitrogens with one attached hydrogen (secondary N) is 1. The fraction of sp³-hybridized carbons (Fsp3) is 0.500. The zero-order valence-corrected chi connectivity index (χ0v) is 16.1. The van der Waals surface area contributed by atoms with Crippen molar-refractivity contribution < 1.29 is 28.7 Å². The molecule has 1 saturated heterocycles. The van der Waals surface area contributed by atoms with E-state index in [-0.39, 0.29) is 34.2 Å². The minimum absolute atomic E-state index is 0.161. The van der Waals surface area contributed by atoms with Gasteiger partial charge in [0.25, 0.3) is 11.8 Å². The summed E-state index contributed by atoms with van der Waals surface area (Å²) in [5.41, 5.74) is 5.36. The minimum Gasteiger partial charge on any atom is -0.454 e. The standard InChI is InChI=1S/C18H21N3O6S/c1-9(21-16(24)10-4-2-3-5-11(10)17(21)25)18(26)27-8-13(22)20-15-12(14(19)23)6-7-28-15/h6-7,9-11H,2-5,8H2,1H3,(H2,19,23)(H,20,22)/t9-,10-,11+/m0/s1. The average molecular weight is 407 g/mol. The smallest absolute Gasteiger partial charge is 0.329 e. The van der Waals surface area contributed by atoms with Crippen LogP contribution in [0, 0.1) is 11.8 Å². The first-order valence-corrected chi connectivity index (χ1v) is 9.90. The van der Waals surface area contributed by atoms with Crippen molar-refractivity contribution in [1.82, 2.24) is 4.90 Å². The summed E-state index contributed by atoms with van der Waals surface area (Å²) in [4.78, 5) is 61.6. The number of hydrogen-bond donors (Lipinski definition) is 2. The highest BCUT2D eigenvalue weighted by Gasteiger charge is 2.51. The summed E-state index contributed by atoms with van der Waals surface area (Å²) in [5, 5.41) is 4.30. The first kappa shape index (κ1) is 20.0. The van der Waals surface area contributed by atoms with Crippen molar-refractivity contribution in [3.05, 3.63) is 17.0 Å². The Hall–Kier alpha value is -2.75. The van der Waals surface area contributed by atoms with E-state index in [1.54, 1.807) is 5.38 Å². The van der Waals surface area contributed by atoms with Gasteiger partial charge in [-0.2, -0.15) is 0 Å². The number of anilines is 1.